The zero-order valence-electron chi connectivity index (χ0n) is 21.8. The maximum Gasteiger partial charge on any atom is 0.0847 e. The van der Waals surface area contributed by atoms with Crippen LogP contribution in [0.3, 0.4) is 0 Å². The van der Waals surface area contributed by atoms with Crippen molar-refractivity contribution in [2.24, 2.45) is 57.7 Å². The van der Waals surface area contributed by atoms with Gasteiger partial charge >= 0.3 is 0 Å². The van der Waals surface area contributed by atoms with Crippen LogP contribution in [-0.4, -0.2) is 23.9 Å². The van der Waals surface area contributed by atoms with Crippen LogP contribution in [0, 0.1) is 57.7 Å². The van der Waals surface area contributed by atoms with Gasteiger partial charge in [0.1, 0.15) is 0 Å². The van der Waals surface area contributed by atoms with Crippen LogP contribution in [0.5, 0.6) is 0 Å². The second-order valence-corrected chi connectivity index (χ2v) is 13.8. The molecule has 1 spiro atoms. The largest absolute Gasteiger partial charge is 0.386 e. The van der Waals surface area contributed by atoms with E-state index >= 15 is 0 Å². The summed E-state index contributed by atoms with van der Waals surface area (Å²) in [6.07, 6.45) is 15.7. The molecule has 32 heavy (non-hydrogen) atoms. The van der Waals surface area contributed by atoms with Gasteiger partial charge < -0.3 is 9.84 Å². The van der Waals surface area contributed by atoms with Gasteiger partial charge in [-0.2, -0.15) is 0 Å². The zero-order chi connectivity index (χ0) is 23.1. The van der Waals surface area contributed by atoms with Gasteiger partial charge in [0.2, 0.25) is 0 Å². The predicted octanol–water partition coefficient (Wildman–Crippen LogP) is 7.26. The summed E-state index contributed by atoms with van der Waals surface area (Å²) < 4.78 is 6.29. The Bertz CT molecular complexity index is 745. The Morgan fingerprint density at radius 3 is 2.47 bits per heavy atom. The first-order valence-electron chi connectivity index (χ1n) is 14.0. The molecule has 11 atom stereocenters. The van der Waals surface area contributed by atoms with E-state index in [1.165, 1.54) is 51.4 Å². The number of ether oxygens (including phenoxy) is 1. The lowest BCUT2D eigenvalue weighted by Crippen LogP contribution is -2.57. The van der Waals surface area contributed by atoms with Crippen molar-refractivity contribution in [2.75, 3.05) is 7.11 Å². The Balaban J connectivity index is 1.34. The fourth-order valence-electron chi connectivity index (χ4n) is 10.8. The minimum absolute atomic E-state index is 0.230. The lowest BCUT2D eigenvalue weighted by Gasteiger charge is -2.61. The molecule has 0 aromatic heterocycles. The lowest BCUT2D eigenvalue weighted by molar-refractivity contribution is -0.161. The van der Waals surface area contributed by atoms with Gasteiger partial charge in [0.05, 0.1) is 11.7 Å². The molecule has 2 heteroatoms. The Kier molecular flexibility index (Phi) is 5.54. The molecule has 2 nitrogen and oxygen atoms in total. The summed E-state index contributed by atoms with van der Waals surface area (Å²) in [5.41, 5.74) is 0.829. The number of hydrogen-bond donors (Lipinski definition) is 1. The van der Waals surface area contributed by atoms with Crippen LogP contribution >= 0.6 is 0 Å². The van der Waals surface area contributed by atoms with E-state index < -0.39 is 5.60 Å². The highest BCUT2D eigenvalue weighted by Crippen LogP contribution is 2.82. The average Bonchev–Trinajstić information content (AvgIpc) is 3.27. The zero-order valence-corrected chi connectivity index (χ0v) is 21.8. The fraction of sp³-hybridized carbons (Fsp3) is 0.933. The van der Waals surface area contributed by atoms with Crippen molar-refractivity contribution in [3.63, 3.8) is 0 Å². The second kappa shape index (κ2) is 7.58. The standard InChI is InChI=1S/C30H50O2/c1-8-29(31,19(2)3)16-11-20(4)23-9-10-24-22-17-26(32-7)30-18-21(30)12-15-28(30,6)25(22)13-14-27(23,24)5/h8,19-26,31H,1,9-18H2,2-7H3/t20-,21-,22?,23-,24?,25?,26-,27-,28-,29-,30?/m1/s1. The third-order valence-corrected chi connectivity index (χ3v) is 12.9. The Morgan fingerprint density at radius 2 is 1.84 bits per heavy atom. The van der Waals surface area contributed by atoms with Crippen LogP contribution in [0.2, 0.25) is 0 Å². The summed E-state index contributed by atoms with van der Waals surface area (Å²) in [4.78, 5) is 0. The monoisotopic (exact) mass is 442 g/mol. The number of hydrogen-bond acceptors (Lipinski definition) is 2. The quantitative estimate of drug-likeness (QED) is 0.420. The summed E-state index contributed by atoms with van der Waals surface area (Å²) in [7, 11) is 2.00. The van der Waals surface area contributed by atoms with Gasteiger partial charge in [0.25, 0.3) is 0 Å². The lowest BCUT2D eigenvalue weighted by atomic mass is 9.45. The van der Waals surface area contributed by atoms with Gasteiger partial charge in [-0.05, 0) is 116 Å². The van der Waals surface area contributed by atoms with Crippen molar-refractivity contribution in [1.82, 2.24) is 0 Å². The van der Waals surface area contributed by atoms with E-state index in [1.54, 1.807) is 6.08 Å². The molecule has 5 rings (SSSR count). The van der Waals surface area contributed by atoms with Crippen LogP contribution in [0.1, 0.15) is 98.8 Å². The summed E-state index contributed by atoms with van der Waals surface area (Å²) >= 11 is 0. The maximum atomic E-state index is 11.0. The summed E-state index contributed by atoms with van der Waals surface area (Å²) in [6.45, 7) is 16.0. The van der Waals surface area contributed by atoms with Crippen molar-refractivity contribution in [3.05, 3.63) is 12.7 Å². The molecule has 5 aliphatic rings. The molecule has 0 aromatic rings. The van der Waals surface area contributed by atoms with Crippen LogP contribution in [-0.2, 0) is 4.74 Å². The third kappa shape index (κ3) is 2.90. The minimum Gasteiger partial charge on any atom is -0.386 e. The number of methoxy groups -OCH3 is 1. The van der Waals surface area contributed by atoms with E-state index in [-0.39, 0.29) is 5.92 Å². The Hall–Kier alpha value is -0.340. The molecule has 182 valence electrons. The number of fused-ring (bicyclic) bond motifs is 4. The second-order valence-electron chi connectivity index (χ2n) is 13.8. The Morgan fingerprint density at radius 1 is 1.09 bits per heavy atom. The van der Waals surface area contributed by atoms with Crippen LogP contribution in [0.25, 0.3) is 0 Å². The molecule has 5 aliphatic carbocycles. The topological polar surface area (TPSA) is 29.5 Å². The summed E-state index contributed by atoms with van der Waals surface area (Å²) in [5.74, 6) is 5.35. The molecule has 0 aromatic carbocycles. The molecular weight excluding hydrogens is 392 g/mol. The summed E-state index contributed by atoms with van der Waals surface area (Å²) in [5, 5.41) is 11.0. The van der Waals surface area contributed by atoms with Crippen molar-refractivity contribution in [3.8, 4) is 0 Å². The highest BCUT2D eigenvalue weighted by Gasteiger charge is 2.77. The van der Waals surface area contributed by atoms with E-state index in [0.717, 1.165) is 42.4 Å². The molecule has 5 saturated carbocycles. The van der Waals surface area contributed by atoms with E-state index in [0.29, 0.717) is 28.3 Å². The van der Waals surface area contributed by atoms with Crippen LogP contribution < -0.4 is 0 Å². The van der Waals surface area contributed by atoms with Crippen molar-refractivity contribution in [2.45, 2.75) is 111 Å². The van der Waals surface area contributed by atoms with Crippen LogP contribution in [0.4, 0.5) is 0 Å². The third-order valence-electron chi connectivity index (χ3n) is 12.9. The number of aliphatic hydroxyl groups is 1. The molecule has 1 N–H and O–H groups in total. The Labute approximate surface area is 198 Å². The molecule has 0 heterocycles. The number of rotatable bonds is 7. The molecule has 0 bridgehead atoms. The molecular formula is C30H50O2. The van der Waals surface area contributed by atoms with Gasteiger partial charge in [-0.25, -0.2) is 0 Å². The van der Waals surface area contributed by atoms with Crippen molar-refractivity contribution in [1.29, 1.82) is 0 Å². The first kappa shape index (κ1) is 23.4. The van der Waals surface area contributed by atoms with E-state index in [4.69, 9.17) is 4.74 Å². The van der Waals surface area contributed by atoms with E-state index in [9.17, 15) is 5.11 Å². The maximum absolute atomic E-state index is 11.0. The van der Waals surface area contributed by atoms with Gasteiger partial charge in [-0.1, -0.05) is 40.7 Å². The molecule has 4 unspecified atom stereocenters. The minimum atomic E-state index is -0.716. The van der Waals surface area contributed by atoms with Gasteiger partial charge in [-0.3, -0.25) is 0 Å². The normalized spacial score (nSPS) is 51.9. The highest BCUT2D eigenvalue weighted by molar-refractivity contribution is 5.26. The van der Waals surface area contributed by atoms with Gasteiger partial charge in [0.15, 0.2) is 0 Å². The molecule has 0 radical (unpaired) electrons. The van der Waals surface area contributed by atoms with Crippen molar-refractivity contribution < 1.29 is 9.84 Å². The van der Waals surface area contributed by atoms with E-state index in [1.807, 2.05) is 7.11 Å². The predicted molar refractivity (Wildman–Crippen MR) is 132 cm³/mol. The highest BCUT2D eigenvalue weighted by atomic mass is 16.5. The summed E-state index contributed by atoms with van der Waals surface area (Å²) in [6, 6.07) is 0. The smallest absolute Gasteiger partial charge is 0.0847 e. The molecule has 5 fully saturated rings. The van der Waals surface area contributed by atoms with Crippen LogP contribution in [0.15, 0.2) is 12.7 Å². The molecule has 0 amide bonds. The van der Waals surface area contributed by atoms with Gasteiger partial charge in [0, 0.05) is 12.5 Å². The molecule has 0 saturated heterocycles. The molecule has 0 aliphatic heterocycles. The SMILES string of the molecule is C=C[C@@](O)(CC[C@@H](C)[C@H]1CCC2C3C[C@@H](OC)C45C[C@H]4CC[C@]5(C)C3CC[C@@]21C)C(C)C. The first-order valence-corrected chi connectivity index (χ1v) is 14.0. The first-order chi connectivity index (χ1) is 15.1. The van der Waals surface area contributed by atoms with Gasteiger partial charge in [-0.15, -0.1) is 6.58 Å². The fourth-order valence-corrected chi connectivity index (χ4v) is 10.8. The van der Waals surface area contributed by atoms with Crippen molar-refractivity contribution >= 4 is 0 Å². The van der Waals surface area contributed by atoms with E-state index in [2.05, 4.69) is 41.2 Å². The average molecular weight is 443 g/mol.